The first-order chi connectivity index (χ1) is 28.9. The summed E-state index contributed by atoms with van der Waals surface area (Å²) in [5.74, 6) is -2.92. The van der Waals surface area contributed by atoms with Crippen molar-refractivity contribution in [2.75, 3.05) is 82.6 Å². The topological polar surface area (TPSA) is 173 Å². The molecule has 0 radical (unpaired) electrons. The fraction of sp³-hybridized carbons (Fsp3) is 0.538. The van der Waals surface area contributed by atoms with E-state index in [2.05, 4.69) is 76.0 Å². The molecular weight excluding hydrogens is 926 g/mol. The zero-order valence-corrected chi connectivity index (χ0v) is 45.4. The quantitative estimate of drug-likeness (QED) is 0.105. The van der Waals surface area contributed by atoms with Gasteiger partial charge in [0.2, 0.25) is 0 Å². The largest absolute Gasteiger partial charge is 2.00 e. The SMILES string of the molecule is CC(C)(C)C(=O)/C=C(\[O-])c1cccc(C(=O)/C=C(\[O-])C(C)(C)C)c1.CC(C)(C)C(=O)/C=C(\[O-])c1cccc(C(=O)/C=C(\[O-])C(C)(C)C)c1.CN(C)CCN(C)C.CN(C)CCN(C)C.[Ni+2].[Ni+2]. The molecule has 0 unspecified atom stereocenters. The van der Waals surface area contributed by atoms with Crippen LogP contribution in [-0.4, -0.2) is 125 Å². The number of hydrogen-bond acceptors (Lipinski definition) is 12. The number of allylic oxidation sites excluding steroid dienone is 6. The Labute approximate surface area is 418 Å². The van der Waals surface area contributed by atoms with Crippen molar-refractivity contribution in [3.8, 4) is 0 Å². The van der Waals surface area contributed by atoms with Crippen LogP contribution < -0.4 is 20.4 Å². The smallest absolute Gasteiger partial charge is 0.875 e. The molecule has 0 N–H and O–H groups in total. The molecule has 0 saturated carbocycles. The maximum Gasteiger partial charge on any atom is 2.00 e. The number of likely N-dealkylation sites (N-methyl/N-ethyl adjacent to an activating group) is 4. The number of carbonyl (C=O) groups is 4. The number of nitrogens with zero attached hydrogens (tertiary/aromatic N) is 4. The summed E-state index contributed by atoms with van der Waals surface area (Å²) in [7, 11) is 16.7. The van der Waals surface area contributed by atoms with Crippen LogP contribution in [0.1, 0.15) is 115 Å². The zero-order valence-electron chi connectivity index (χ0n) is 43.4. The van der Waals surface area contributed by atoms with E-state index in [0.717, 1.165) is 50.5 Å². The van der Waals surface area contributed by atoms with Gasteiger partial charge in [-0.3, -0.25) is 19.2 Å². The van der Waals surface area contributed by atoms with Crippen LogP contribution in [0.4, 0.5) is 0 Å². The monoisotopic (exact) mass is 1000 g/mol. The summed E-state index contributed by atoms with van der Waals surface area (Å²) in [5.41, 5.74) is -1.59. The average molecular weight is 1010 g/mol. The summed E-state index contributed by atoms with van der Waals surface area (Å²) in [6.45, 7) is 25.3. The van der Waals surface area contributed by atoms with E-state index in [1.165, 1.54) is 36.4 Å². The normalized spacial score (nSPS) is 12.7. The zero-order chi connectivity index (χ0) is 50.6. The fourth-order valence-corrected chi connectivity index (χ4v) is 4.13. The number of hydrogen-bond donors (Lipinski definition) is 0. The molecule has 2 aromatic rings. The molecule has 0 spiro atoms. The van der Waals surface area contributed by atoms with Gasteiger partial charge in [0.15, 0.2) is 23.1 Å². The Hall–Kier alpha value is -3.89. The number of ketones is 4. The Morgan fingerprint density at radius 1 is 0.409 bits per heavy atom. The molecule has 0 aliphatic carbocycles. The minimum Gasteiger partial charge on any atom is -0.875 e. The van der Waals surface area contributed by atoms with Crippen molar-refractivity contribution in [2.45, 2.75) is 83.1 Å². The van der Waals surface area contributed by atoms with Crippen molar-refractivity contribution < 1.29 is 72.6 Å². The molecule has 0 bridgehead atoms. The maximum absolute atomic E-state index is 12.2. The van der Waals surface area contributed by atoms with E-state index >= 15 is 0 Å². The van der Waals surface area contributed by atoms with Crippen LogP contribution in [0.2, 0.25) is 0 Å². The van der Waals surface area contributed by atoms with Gasteiger partial charge in [0.1, 0.15) is 0 Å². The van der Waals surface area contributed by atoms with Crippen molar-refractivity contribution in [3.63, 3.8) is 0 Å². The van der Waals surface area contributed by atoms with Crippen LogP contribution >= 0.6 is 0 Å². The predicted octanol–water partition coefficient (Wildman–Crippen LogP) is 5.17. The molecule has 14 heteroatoms. The second kappa shape index (κ2) is 31.2. The van der Waals surface area contributed by atoms with Crippen molar-refractivity contribution in [3.05, 3.63) is 107 Å². The summed E-state index contributed by atoms with van der Waals surface area (Å²) < 4.78 is 0. The third-order valence-corrected chi connectivity index (χ3v) is 8.86. The molecule has 0 aliphatic rings. The van der Waals surface area contributed by atoms with Crippen molar-refractivity contribution in [2.24, 2.45) is 21.7 Å². The van der Waals surface area contributed by atoms with Crippen molar-refractivity contribution in [1.82, 2.24) is 19.6 Å². The van der Waals surface area contributed by atoms with E-state index < -0.39 is 44.7 Å². The minimum absolute atomic E-state index is 0. The van der Waals surface area contributed by atoms with E-state index in [1.54, 1.807) is 95.2 Å². The molecule has 0 fully saturated rings. The van der Waals surface area contributed by atoms with E-state index in [4.69, 9.17) is 0 Å². The molecule has 0 saturated heterocycles. The van der Waals surface area contributed by atoms with Gasteiger partial charge < -0.3 is 40.0 Å². The molecule has 376 valence electrons. The van der Waals surface area contributed by atoms with E-state index in [1.807, 2.05) is 0 Å². The molecule has 0 aliphatic heterocycles. The van der Waals surface area contributed by atoms with Gasteiger partial charge in [-0.2, -0.15) is 0 Å². The third-order valence-electron chi connectivity index (χ3n) is 8.86. The molecule has 2 aromatic carbocycles. The van der Waals surface area contributed by atoms with E-state index in [0.29, 0.717) is 0 Å². The number of carbonyl (C=O) groups excluding carboxylic acids is 4. The second-order valence-electron chi connectivity index (χ2n) is 20.9. The minimum atomic E-state index is -0.643. The standard InChI is InChI=1S/2C20H26O4.2C6H16N2.2Ni/c2*1-19(2,3)17(23)11-15(21)13-8-7-9-14(10-13)16(22)12-18(24)20(4,5)6;2*1-7(2)5-6-8(3)4;;/h2*7-12,21,24H,1-6H3;2*5-6H2,1-4H3;;/q;;;;2*+2/p-4/b2*15-11-,18-12-;;;;. The Balaban J connectivity index is -0.000000429. The summed E-state index contributed by atoms with van der Waals surface area (Å²) in [4.78, 5) is 57.0. The van der Waals surface area contributed by atoms with E-state index in [9.17, 15) is 39.6 Å². The van der Waals surface area contributed by atoms with Crippen LogP contribution in [-0.2, 0) is 42.6 Å². The molecule has 66 heavy (non-hydrogen) atoms. The Morgan fingerprint density at radius 2 is 0.636 bits per heavy atom. The van der Waals surface area contributed by atoms with Gasteiger partial charge in [-0.15, -0.1) is 11.5 Å². The fourth-order valence-electron chi connectivity index (χ4n) is 4.13. The van der Waals surface area contributed by atoms with Crippen LogP contribution in [0.15, 0.2) is 84.4 Å². The van der Waals surface area contributed by atoms with Crippen LogP contribution in [0, 0.1) is 21.7 Å². The van der Waals surface area contributed by atoms with Gasteiger partial charge in [0, 0.05) is 48.1 Å². The Kier molecular flexibility index (Phi) is 32.5. The van der Waals surface area contributed by atoms with Crippen LogP contribution in [0.25, 0.3) is 11.5 Å². The molecule has 0 atom stereocenters. The molecule has 0 heterocycles. The average Bonchev–Trinajstić information content (AvgIpc) is 3.15. The third kappa shape index (κ3) is 31.1. The molecule has 2 rings (SSSR count). The van der Waals surface area contributed by atoms with Gasteiger partial charge in [0.25, 0.3) is 0 Å². The molecule has 12 nitrogen and oxygen atoms in total. The number of benzene rings is 2. The summed E-state index contributed by atoms with van der Waals surface area (Å²) >= 11 is 0. The second-order valence-corrected chi connectivity index (χ2v) is 20.9. The van der Waals surface area contributed by atoms with Gasteiger partial charge in [-0.25, -0.2) is 0 Å². The summed E-state index contributed by atoms with van der Waals surface area (Å²) in [5, 5.41) is 48.2. The first kappa shape index (κ1) is 68.7. The van der Waals surface area contributed by atoms with Crippen molar-refractivity contribution >= 4 is 34.7 Å². The van der Waals surface area contributed by atoms with Gasteiger partial charge in [-0.1, -0.05) is 131 Å². The summed E-state index contributed by atoms with van der Waals surface area (Å²) in [6, 6.07) is 12.1. The first-order valence-corrected chi connectivity index (χ1v) is 21.4. The Morgan fingerprint density at radius 3 is 0.833 bits per heavy atom. The molecule has 0 amide bonds. The first-order valence-electron chi connectivity index (χ1n) is 21.4. The van der Waals surface area contributed by atoms with Crippen LogP contribution in [0.3, 0.4) is 0 Å². The number of rotatable bonds is 14. The molecular formula is C52H80N4Ni2O8. The van der Waals surface area contributed by atoms with Gasteiger partial charge in [0.05, 0.1) is 0 Å². The maximum atomic E-state index is 12.2. The Bertz CT molecular complexity index is 1780. The predicted molar refractivity (Wildman–Crippen MR) is 256 cm³/mol. The van der Waals surface area contributed by atoms with Crippen LogP contribution in [0.5, 0.6) is 0 Å². The summed E-state index contributed by atoms with van der Waals surface area (Å²) in [6.07, 6.45) is 4.20. The molecule has 0 aromatic heterocycles. The van der Waals surface area contributed by atoms with Crippen molar-refractivity contribution in [1.29, 1.82) is 0 Å². The van der Waals surface area contributed by atoms with Gasteiger partial charge >= 0.3 is 33.0 Å². The van der Waals surface area contributed by atoms with E-state index in [-0.39, 0.29) is 78.3 Å². The van der Waals surface area contributed by atoms with Gasteiger partial charge in [-0.05, 0) is 115 Å².